The van der Waals surface area contributed by atoms with Crippen molar-refractivity contribution in [3.8, 4) is 11.5 Å². The fourth-order valence-electron chi connectivity index (χ4n) is 1.87. The first-order valence-corrected chi connectivity index (χ1v) is 6.43. The SMILES string of the molecule is COc1ccc(CC(C)N)cc1OCc1noc(C)n1. The molecular formula is C14H19N3O3. The van der Waals surface area contributed by atoms with Gasteiger partial charge in [-0.15, -0.1) is 0 Å². The molecule has 0 amide bonds. The zero-order chi connectivity index (χ0) is 14.5. The molecule has 0 spiro atoms. The van der Waals surface area contributed by atoms with Crippen molar-refractivity contribution in [1.29, 1.82) is 0 Å². The van der Waals surface area contributed by atoms with E-state index in [1.165, 1.54) is 0 Å². The van der Waals surface area contributed by atoms with Crippen LogP contribution in [0.3, 0.4) is 0 Å². The van der Waals surface area contributed by atoms with Crippen molar-refractivity contribution in [1.82, 2.24) is 10.1 Å². The highest BCUT2D eigenvalue weighted by Crippen LogP contribution is 2.29. The fourth-order valence-corrected chi connectivity index (χ4v) is 1.87. The summed E-state index contributed by atoms with van der Waals surface area (Å²) in [5.41, 5.74) is 6.91. The number of aryl methyl sites for hydroxylation is 1. The maximum absolute atomic E-state index is 5.81. The summed E-state index contributed by atoms with van der Waals surface area (Å²) in [4.78, 5) is 4.09. The Morgan fingerprint density at radius 2 is 2.15 bits per heavy atom. The normalized spacial score (nSPS) is 12.2. The van der Waals surface area contributed by atoms with Gasteiger partial charge < -0.3 is 19.7 Å². The number of benzene rings is 1. The van der Waals surface area contributed by atoms with Gasteiger partial charge in [0.15, 0.2) is 18.1 Å². The van der Waals surface area contributed by atoms with Gasteiger partial charge in [0.05, 0.1) is 7.11 Å². The van der Waals surface area contributed by atoms with Crippen molar-refractivity contribution in [2.45, 2.75) is 32.9 Å². The van der Waals surface area contributed by atoms with E-state index in [2.05, 4.69) is 10.1 Å². The molecule has 1 aromatic carbocycles. The summed E-state index contributed by atoms with van der Waals surface area (Å²) in [6, 6.07) is 5.87. The first-order chi connectivity index (χ1) is 9.58. The lowest BCUT2D eigenvalue weighted by molar-refractivity contribution is 0.269. The van der Waals surface area contributed by atoms with Gasteiger partial charge in [0.25, 0.3) is 0 Å². The summed E-state index contributed by atoms with van der Waals surface area (Å²) in [7, 11) is 1.60. The number of rotatable bonds is 6. The van der Waals surface area contributed by atoms with Gasteiger partial charge in [-0.1, -0.05) is 11.2 Å². The Balaban J connectivity index is 2.11. The highest BCUT2D eigenvalue weighted by Gasteiger charge is 2.09. The third kappa shape index (κ3) is 3.71. The van der Waals surface area contributed by atoms with E-state index in [0.717, 1.165) is 12.0 Å². The Bertz CT molecular complexity index is 567. The lowest BCUT2D eigenvalue weighted by Crippen LogP contribution is -2.17. The van der Waals surface area contributed by atoms with E-state index < -0.39 is 0 Å². The van der Waals surface area contributed by atoms with Crippen LogP contribution >= 0.6 is 0 Å². The zero-order valence-corrected chi connectivity index (χ0v) is 11.9. The average molecular weight is 277 g/mol. The standard InChI is InChI=1S/C14H19N3O3/c1-9(15)6-11-4-5-12(18-3)13(7-11)19-8-14-16-10(2)20-17-14/h4-5,7,9H,6,8,15H2,1-3H3. The van der Waals surface area contributed by atoms with Crippen molar-refractivity contribution < 1.29 is 14.0 Å². The molecule has 0 bridgehead atoms. The van der Waals surface area contributed by atoms with E-state index >= 15 is 0 Å². The summed E-state index contributed by atoms with van der Waals surface area (Å²) in [6.07, 6.45) is 0.779. The molecule has 2 rings (SSSR count). The third-order valence-corrected chi connectivity index (χ3v) is 2.71. The molecule has 0 fully saturated rings. The lowest BCUT2D eigenvalue weighted by Gasteiger charge is -2.12. The molecule has 6 nitrogen and oxygen atoms in total. The first kappa shape index (κ1) is 14.3. The van der Waals surface area contributed by atoms with Gasteiger partial charge in [0, 0.05) is 13.0 Å². The van der Waals surface area contributed by atoms with Crippen LogP contribution in [0.5, 0.6) is 11.5 Å². The van der Waals surface area contributed by atoms with Gasteiger partial charge in [-0.25, -0.2) is 0 Å². The Morgan fingerprint density at radius 3 is 2.75 bits per heavy atom. The largest absolute Gasteiger partial charge is 0.493 e. The number of aromatic nitrogens is 2. The Labute approximate surface area is 117 Å². The van der Waals surface area contributed by atoms with Gasteiger partial charge in [0.1, 0.15) is 0 Å². The average Bonchev–Trinajstić information content (AvgIpc) is 2.82. The van der Waals surface area contributed by atoms with Crippen molar-refractivity contribution in [2.24, 2.45) is 5.73 Å². The topological polar surface area (TPSA) is 83.4 Å². The van der Waals surface area contributed by atoms with Crippen molar-refractivity contribution in [3.63, 3.8) is 0 Å². The first-order valence-electron chi connectivity index (χ1n) is 6.43. The molecule has 1 unspecified atom stereocenters. The number of nitrogens with two attached hydrogens (primary N) is 1. The van der Waals surface area contributed by atoms with E-state index in [1.54, 1.807) is 14.0 Å². The molecule has 20 heavy (non-hydrogen) atoms. The van der Waals surface area contributed by atoms with Crippen LogP contribution < -0.4 is 15.2 Å². The summed E-state index contributed by atoms with van der Waals surface area (Å²) in [5, 5.41) is 3.79. The summed E-state index contributed by atoms with van der Waals surface area (Å²) < 4.78 is 15.9. The molecule has 0 saturated carbocycles. The van der Waals surface area contributed by atoms with Crippen LogP contribution in [-0.2, 0) is 13.0 Å². The van der Waals surface area contributed by atoms with Gasteiger partial charge >= 0.3 is 0 Å². The van der Waals surface area contributed by atoms with Crippen LogP contribution in [0.2, 0.25) is 0 Å². The highest BCUT2D eigenvalue weighted by atomic mass is 16.5. The molecule has 2 N–H and O–H groups in total. The molecule has 0 aliphatic rings. The summed E-state index contributed by atoms with van der Waals surface area (Å²) in [5.74, 6) is 2.33. The van der Waals surface area contributed by atoms with Crippen LogP contribution in [0.15, 0.2) is 22.7 Å². The minimum Gasteiger partial charge on any atom is -0.493 e. The second-order valence-electron chi connectivity index (χ2n) is 4.68. The molecule has 0 aliphatic carbocycles. The van der Waals surface area contributed by atoms with Gasteiger partial charge in [-0.3, -0.25) is 0 Å². The summed E-state index contributed by atoms with van der Waals surface area (Å²) in [6.45, 7) is 3.93. The Morgan fingerprint density at radius 1 is 1.35 bits per heavy atom. The zero-order valence-electron chi connectivity index (χ0n) is 11.9. The van der Waals surface area contributed by atoms with E-state index in [4.69, 9.17) is 19.7 Å². The van der Waals surface area contributed by atoms with Crippen molar-refractivity contribution >= 4 is 0 Å². The maximum Gasteiger partial charge on any atom is 0.223 e. The van der Waals surface area contributed by atoms with E-state index in [9.17, 15) is 0 Å². The second-order valence-corrected chi connectivity index (χ2v) is 4.68. The van der Waals surface area contributed by atoms with E-state index in [-0.39, 0.29) is 12.6 Å². The minimum absolute atomic E-state index is 0.0936. The van der Waals surface area contributed by atoms with Crippen molar-refractivity contribution in [2.75, 3.05) is 7.11 Å². The number of methoxy groups -OCH3 is 1. The monoisotopic (exact) mass is 277 g/mol. The third-order valence-electron chi connectivity index (χ3n) is 2.71. The Hall–Kier alpha value is -2.08. The number of hydrogen-bond donors (Lipinski definition) is 1. The van der Waals surface area contributed by atoms with Crippen molar-refractivity contribution in [3.05, 3.63) is 35.5 Å². The van der Waals surface area contributed by atoms with Gasteiger partial charge in [0.2, 0.25) is 11.7 Å². The number of hydrogen-bond acceptors (Lipinski definition) is 6. The predicted molar refractivity (Wildman–Crippen MR) is 73.7 cm³/mol. The van der Waals surface area contributed by atoms with Crippen LogP contribution in [0.25, 0.3) is 0 Å². The van der Waals surface area contributed by atoms with E-state index in [1.807, 2.05) is 25.1 Å². The van der Waals surface area contributed by atoms with E-state index in [0.29, 0.717) is 23.2 Å². The van der Waals surface area contributed by atoms with Crippen LogP contribution in [0.4, 0.5) is 0 Å². The molecule has 0 saturated heterocycles. The second kappa shape index (κ2) is 6.38. The summed E-state index contributed by atoms with van der Waals surface area (Å²) >= 11 is 0. The number of nitrogens with zero attached hydrogens (tertiary/aromatic N) is 2. The molecular weight excluding hydrogens is 258 g/mol. The molecule has 1 heterocycles. The van der Waals surface area contributed by atoms with Crippen LogP contribution in [-0.4, -0.2) is 23.3 Å². The quantitative estimate of drug-likeness (QED) is 0.867. The molecule has 2 aromatic rings. The molecule has 6 heteroatoms. The van der Waals surface area contributed by atoms with Gasteiger partial charge in [-0.2, -0.15) is 4.98 Å². The number of ether oxygens (including phenoxy) is 2. The fraction of sp³-hybridized carbons (Fsp3) is 0.429. The highest BCUT2D eigenvalue weighted by molar-refractivity contribution is 5.43. The predicted octanol–water partition coefficient (Wildman–Crippen LogP) is 1.86. The van der Waals surface area contributed by atoms with Gasteiger partial charge in [-0.05, 0) is 31.0 Å². The van der Waals surface area contributed by atoms with Crippen LogP contribution in [0, 0.1) is 6.92 Å². The lowest BCUT2D eigenvalue weighted by atomic mass is 10.1. The minimum atomic E-state index is 0.0936. The Kier molecular flexibility index (Phi) is 4.57. The molecule has 1 atom stereocenters. The molecule has 108 valence electrons. The van der Waals surface area contributed by atoms with Crippen LogP contribution in [0.1, 0.15) is 24.2 Å². The molecule has 0 radical (unpaired) electrons. The smallest absolute Gasteiger partial charge is 0.223 e. The molecule has 0 aliphatic heterocycles. The molecule has 1 aromatic heterocycles. The maximum atomic E-state index is 5.81.